The summed E-state index contributed by atoms with van der Waals surface area (Å²) in [4.78, 5) is 13.6. The Bertz CT molecular complexity index is 633. The van der Waals surface area contributed by atoms with Gasteiger partial charge in [-0.1, -0.05) is 0 Å². The minimum Gasteiger partial charge on any atom is -0.356 e. The number of nitrogens with zero attached hydrogens (tertiary/aromatic N) is 3. The molecule has 3 rings (SSSR count). The van der Waals surface area contributed by atoms with Gasteiger partial charge < -0.3 is 9.88 Å². The van der Waals surface area contributed by atoms with E-state index in [1.165, 1.54) is 6.07 Å². The monoisotopic (exact) mass is 310 g/mol. The summed E-state index contributed by atoms with van der Waals surface area (Å²) >= 11 is 0. The molecule has 0 spiro atoms. The molecule has 1 aliphatic heterocycles. The van der Waals surface area contributed by atoms with Gasteiger partial charge in [-0.15, -0.1) is 0 Å². The van der Waals surface area contributed by atoms with Crippen molar-refractivity contribution in [2.45, 2.75) is 31.9 Å². The van der Waals surface area contributed by atoms with Crippen LogP contribution in [0.5, 0.6) is 0 Å². The van der Waals surface area contributed by atoms with Gasteiger partial charge in [0.25, 0.3) is 0 Å². The van der Waals surface area contributed by atoms with Gasteiger partial charge in [-0.25, -0.2) is 9.97 Å². The molecule has 1 fully saturated rings. The van der Waals surface area contributed by atoms with E-state index in [0.717, 1.165) is 43.2 Å². The molecule has 0 saturated carbocycles. The summed E-state index contributed by atoms with van der Waals surface area (Å²) in [6, 6.07) is 2.53. The average molecular weight is 310 g/mol. The van der Waals surface area contributed by atoms with Gasteiger partial charge in [-0.2, -0.15) is 13.2 Å². The third-order valence-corrected chi connectivity index (χ3v) is 3.93. The highest BCUT2D eigenvalue weighted by Crippen LogP contribution is 2.31. The maximum absolute atomic E-state index is 12.6. The van der Waals surface area contributed by atoms with Crippen molar-refractivity contribution >= 4 is 5.82 Å². The van der Waals surface area contributed by atoms with Crippen molar-refractivity contribution in [3.8, 4) is 0 Å². The molecule has 0 aromatic carbocycles. The van der Waals surface area contributed by atoms with Crippen LogP contribution < -0.4 is 4.90 Å². The van der Waals surface area contributed by atoms with E-state index in [4.69, 9.17) is 0 Å². The lowest BCUT2D eigenvalue weighted by atomic mass is 9.97. The molecule has 1 saturated heterocycles. The highest BCUT2D eigenvalue weighted by molar-refractivity contribution is 5.41. The number of rotatable bonds is 2. The molecule has 4 nitrogen and oxygen atoms in total. The molecule has 118 valence electrons. The van der Waals surface area contributed by atoms with Gasteiger partial charge in [0.15, 0.2) is 0 Å². The van der Waals surface area contributed by atoms with Crippen LogP contribution in [0.4, 0.5) is 19.0 Å². The van der Waals surface area contributed by atoms with Crippen LogP contribution in [0.15, 0.2) is 24.5 Å². The molecule has 3 heterocycles. The average Bonchev–Trinajstić information content (AvgIpc) is 2.93. The predicted molar refractivity (Wildman–Crippen MR) is 76.8 cm³/mol. The Morgan fingerprint density at radius 1 is 1.23 bits per heavy atom. The first-order chi connectivity index (χ1) is 10.4. The second-order valence-corrected chi connectivity index (χ2v) is 5.64. The Kier molecular flexibility index (Phi) is 3.80. The third kappa shape index (κ3) is 3.08. The van der Waals surface area contributed by atoms with E-state index in [2.05, 4.69) is 15.0 Å². The number of imidazole rings is 1. The Balaban J connectivity index is 1.74. The first kappa shape index (κ1) is 14.9. The van der Waals surface area contributed by atoms with Crippen LogP contribution in [-0.2, 0) is 6.18 Å². The summed E-state index contributed by atoms with van der Waals surface area (Å²) in [5, 5.41) is 0. The van der Waals surface area contributed by atoms with Crippen molar-refractivity contribution in [1.82, 2.24) is 15.0 Å². The first-order valence-electron chi connectivity index (χ1n) is 7.23. The summed E-state index contributed by atoms with van der Waals surface area (Å²) in [5.41, 5.74) is 0.297. The second kappa shape index (κ2) is 5.62. The van der Waals surface area contributed by atoms with Crippen LogP contribution in [0.2, 0.25) is 0 Å². The number of anilines is 1. The summed E-state index contributed by atoms with van der Waals surface area (Å²) in [7, 11) is 0. The lowest BCUT2D eigenvalue weighted by Crippen LogP contribution is -2.35. The number of aryl methyl sites for hydroxylation is 1. The van der Waals surface area contributed by atoms with Crippen LogP contribution in [0, 0.1) is 6.92 Å². The van der Waals surface area contributed by atoms with Gasteiger partial charge in [0.05, 0.1) is 5.56 Å². The van der Waals surface area contributed by atoms with Crippen molar-refractivity contribution in [1.29, 1.82) is 0 Å². The van der Waals surface area contributed by atoms with Gasteiger partial charge in [0.2, 0.25) is 0 Å². The molecule has 0 radical (unpaired) electrons. The molecule has 0 bridgehead atoms. The second-order valence-electron chi connectivity index (χ2n) is 5.64. The van der Waals surface area contributed by atoms with Gasteiger partial charge >= 0.3 is 6.18 Å². The molecule has 2 aromatic heterocycles. The summed E-state index contributed by atoms with van der Waals surface area (Å²) < 4.78 is 37.7. The number of aromatic amines is 1. The van der Waals surface area contributed by atoms with Gasteiger partial charge in [-0.05, 0) is 31.9 Å². The molecule has 1 unspecified atom stereocenters. The molecule has 1 N–H and O–H groups in total. The Morgan fingerprint density at radius 2 is 2.05 bits per heavy atom. The Labute approximate surface area is 126 Å². The third-order valence-electron chi connectivity index (χ3n) is 3.93. The lowest BCUT2D eigenvalue weighted by Gasteiger charge is -2.32. The summed E-state index contributed by atoms with van der Waals surface area (Å²) in [6.07, 6.45) is 0.333. The number of pyridine rings is 1. The molecular formula is C15H17F3N4. The SMILES string of the molecule is Cc1cnc(C2CCCN(c3ccc(C(F)(F)F)cn3)C2)[nH]1. The molecule has 0 aliphatic carbocycles. The van der Waals surface area contributed by atoms with Gasteiger partial charge in [-0.3, -0.25) is 0 Å². The number of nitrogens with one attached hydrogen (secondary N) is 1. The number of hydrogen-bond acceptors (Lipinski definition) is 3. The molecular weight excluding hydrogens is 293 g/mol. The van der Waals surface area contributed by atoms with E-state index in [-0.39, 0.29) is 5.92 Å². The van der Waals surface area contributed by atoms with Crippen molar-refractivity contribution < 1.29 is 13.2 Å². The Hall–Kier alpha value is -2.05. The van der Waals surface area contributed by atoms with Crippen molar-refractivity contribution in [2.75, 3.05) is 18.0 Å². The van der Waals surface area contributed by atoms with Crippen LogP contribution in [0.25, 0.3) is 0 Å². The minimum atomic E-state index is -4.35. The zero-order valence-corrected chi connectivity index (χ0v) is 12.2. The zero-order chi connectivity index (χ0) is 15.7. The minimum absolute atomic E-state index is 0.256. The number of alkyl halides is 3. The molecule has 2 aromatic rings. The fourth-order valence-corrected chi connectivity index (χ4v) is 2.79. The fourth-order valence-electron chi connectivity index (χ4n) is 2.79. The highest BCUT2D eigenvalue weighted by atomic mass is 19.4. The fraction of sp³-hybridized carbons (Fsp3) is 0.467. The molecule has 1 atom stereocenters. The van der Waals surface area contributed by atoms with Crippen molar-refractivity contribution in [3.05, 3.63) is 41.6 Å². The number of hydrogen-bond donors (Lipinski definition) is 1. The van der Waals surface area contributed by atoms with E-state index < -0.39 is 11.7 Å². The topological polar surface area (TPSA) is 44.8 Å². The van der Waals surface area contributed by atoms with Crippen molar-refractivity contribution in [3.63, 3.8) is 0 Å². The van der Waals surface area contributed by atoms with E-state index in [0.29, 0.717) is 12.4 Å². The van der Waals surface area contributed by atoms with Gasteiger partial charge in [0.1, 0.15) is 11.6 Å². The lowest BCUT2D eigenvalue weighted by molar-refractivity contribution is -0.137. The van der Waals surface area contributed by atoms with Crippen molar-refractivity contribution in [2.24, 2.45) is 0 Å². The predicted octanol–water partition coefficient (Wildman–Crippen LogP) is 3.52. The van der Waals surface area contributed by atoms with Gasteiger partial charge in [0, 0.05) is 37.1 Å². The largest absolute Gasteiger partial charge is 0.417 e. The smallest absolute Gasteiger partial charge is 0.356 e. The number of H-pyrrole nitrogens is 1. The van der Waals surface area contributed by atoms with Crippen LogP contribution >= 0.6 is 0 Å². The van der Waals surface area contributed by atoms with E-state index >= 15 is 0 Å². The summed E-state index contributed by atoms with van der Waals surface area (Å²) in [6.45, 7) is 3.47. The first-order valence-corrected chi connectivity index (χ1v) is 7.23. The molecule has 7 heteroatoms. The number of halogens is 3. The van der Waals surface area contributed by atoms with E-state index in [1.807, 2.05) is 11.8 Å². The molecule has 0 amide bonds. The summed E-state index contributed by atoms with van der Waals surface area (Å²) in [5.74, 6) is 1.78. The van der Waals surface area contributed by atoms with Crippen LogP contribution in [0.1, 0.15) is 35.8 Å². The quantitative estimate of drug-likeness (QED) is 0.923. The zero-order valence-electron chi connectivity index (χ0n) is 12.2. The van der Waals surface area contributed by atoms with Crippen LogP contribution in [-0.4, -0.2) is 28.0 Å². The van der Waals surface area contributed by atoms with Crippen LogP contribution in [0.3, 0.4) is 0 Å². The normalized spacial score (nSPS) is 19.5. The van der Waals surface area contributed by atoms with E-state index in [9.17, 15) is 13.2 Å². The standard InChI is InChI=1S/C15H17F3N4/c1-10-7-20-14(21-10)11-3-2-6-22(9-11)13-5-4-12(8-19-13)15(16,17)18/h4-5,7-8,11H,2-3,6,9H2,1H3,(H,20,21). The molecule has 22 heavy (non-hydrogen) atoms. The number of piperidine rings is 1. The maximum atomic E-state index is 12.6. The maximum Gasteiger partial charge on any atom is 0.417 e. The Morgan fingerprint density at radius 3 is 2.64 bits per heavy atom. The molecule has 1 aliphatic rings. The number of aromatic nitrogens is 3. The van der Waals surface area contributed by atoms with E-state index in [1.54, 1.807) is 6.20 Å². The highest BCUT2D eigenvalue weighted by Gasteiger charge is 2.31.